The number of benzene rings is 4. The van der Waals surface area contributed by atoms with E-state index in [0.29, 0.717) is 44.9 Å². The Hall–Kier alpha value is -4.39. The number of anilines is 2. The van der Waals surface area contributed by atoms with Crippen LogP contribution >= 0.6 is 39.0 Å². The number of nitrogens with zero attached hydrogens (tertiary/aromatic N) is 1. The van der Waals surface area contributed by atoms with Gasteiger partial charge in [0.25, 0.3) is 5.91 Å². The molecule has 7 rings (SSSR count). The number of ether oxygens (including phenoxy) is 2. The van der Waals surface area contributed by atoms with E-state index in [1.54, 1.807) is 42.5 Å². The van der Waals surface area contributed by atoms with Gasteiger partial charge in [-0.05, 0) is 71.8 Å². The molecule has 0 bridgehead atoms. The summed E-state index contributed by atoms with van der Waals surface area (Å²) in [4.78, 5) is 57.5. The minimum Gasteiger partial charge on any atom is -0.490 e. The fraction of sp³-hybridized carbons (Fsp3) is 0.176. The molecule has 0 unspecified atom stereocenters. The van der Waals surface area contributed by atoms with Crippen LogP contribution in [-0.4, -0.2) is 41.2 Å². The lowest BCUT2D eigenvalue weighted by atomic mass is 9.83. The topological polar surface area (TPSA) is 118 Å². The number of thioether (sulfide) groups is 1. The van der Waals surface area contributed by atoms with Crippen molar-refractivity contribution < 1.29 is 23.9 Å². The molecule has 0 radical (unpaired) electrons. The van der Waals surface area contributed by atoms with Crippen LogP contribution in [0.4, 0.5) is 11.4 Å². The molecular formula is C34H26BrN3O6S2. The quantitative estimate of drug-likeness (QED) is 0.175. The van der Waals surface area contributed by atoms with Crippen molar-refractivity contribution in [3.05, 3.63) is 110 Å². The van der Waals surface area contributed by atoms with Crippen molar-refractivity contribution in [3.8, 4) is 11.5 Å². The molecule has 2 aliphatic heterocycles. The molecule has 1 aromatic heterocycles. The first kappa shape index (κ1) is 30.3. The fourth-order valence-electron chi connectivity index (χ4n) is 5.93. The number of carbonyl (C=O) groups is 3. The number of halogens is 1. The molecule has 12 heteroatoms. The lowest BCUT2D eigenvalue weighted by Crippen LogP contribution is -2.32. The second-order valence-electron chi connectivity index (χ2n) is 10.8. The highest BCUT2D eigenvalue weighted by Crippen LogP contribution is 2.53. The lowest BCUT2D eigenvalue weighted by molar-refractivity contribution is -0.122. The normalized spacial score (nSPS) is 18.7. The molecule has 3 amide bonds. The van der Waals surface area contributed by atoms with Crippen LogP contribution in [0.25, 0.3) is 10.8 Å². The number of rotatable bonds is 8. The summed E-state index contributed by atoms with van der Waals surface area (Å²) < 4.78 is 12.7. The van der Waals surface area contributed by atoms with Gasteiger partial charge in [0.1, 0.15) is 5.25 Å². The summed E-state index contributed by atoms with van der Waals surface area (Å²) in [6, 6.07) is 25.9. The molecule has 46 heavy (non-hydrogen) atoms. The van der Waals surface area contributed by atoms with Gasteiger partial charge in [0, 0.05) is 21.0 Å². The lowest BCUT2D eigenvalue weighted by Gasteiger charge is -2.30. The van der Waals surface area contributed by atoms with Crippen LogP contribution in [0, 0.1) is 5.92 Å². The summed E-state index contributed by atoms with van der Waals surface area (Å²) in [5.41, 5.74) is 1.85. The van der Waals surface area contributed by atoms with Gasteiger partial charge in [0.2, 0.25) is 11.8 Å². The van der Waals surface area contributed by atoms with Crippen LogP contribution in [0.5, 0.6) is 11.5 Å². The zero-order chi connectivity index (χ0) is 31.9. The first-order valence-electron chi connectivity index (χ1n) is 14.5. The maximum atomic E-state index is 14.0. The summed E-state index contributed by atoms with van der Waals surface area (Å²) in [7, 11) is 0. The molecular weight excluding hydrogens is 690 g/mol. The first-order valence-corrected chi connectivity index (χ1v) is 17.0. The molecule has 2 N–H and O–H groups in total. The first-order chi connectivity index (χ1) is 22.3. The predicted octanol–water partition coefficient (Wildman–Crippen LogP) is 6.56. The second kappa shape index (κ2) is 12.4. The number of nitrogens with one attached hydrogen (secondary N) is 2. The molecule has 5 aromatic rings. The molecule has 1 fully saturated rings. The summed E-state index contributed by atoms with van der Waals surface area (Å²) in [5, 5.41) is 4.82. The Balaban J connectivity index is 1.16. The van der Waals surface area contributed by atoms with Crippen molar-refractivity contribution in [2.75, 3.05) is 23.4 Å². The van der Waals surface area contributed by atoms with Gasteiger partial charge < -0.3 is 19.8 Å². The van der Waals surface area contributed by atoms with Crippen molar-refractivity contribution in [1.82, 2.24) is 4.98 Å². The zero-order valence-electron chi connectivity index (χ0n) is 24.3. The van der Waals surface area contributed by atoms with Crippen LogP contribution in [0.1, 0.15) is 23.3 Å². The molecule has 9 nitrogen and oxygen atoms in total. The molecule has 0 aliphatic carbocycles. The minimum atomic E-state index is -0.742. The number of thiazole rings is 1. The number of hydrogen-bond acceptors (Lipinski definition) is 8. The van der Waals surface area contributed by atoms with Crippen molar-refractivity contribution >= 4 is 78.9 Å². The van der Waals surface area contributed by atoms with E-state index in [4.69, 9.17) is 9.47 Å². The molecule has 232 valence electrons. The number of imide groups is 1. The average molecular weight is 717 g/mol. The summed E-state index contributed by atoms with van der Waals surface area (Å²) in [6.07, 6.45) is 0. The monoisotopic (exact) mass is 715 g/mol. The van der Waals surface area contributed by atoms with Crippen molar-refractivity contribution in [2.45, 2.75) is 23.1 Å². The molecule has 4 aromatic carbocycles. The highest BCUT2D eigenvalue weighted by molar-refractivity contribution is 9.10. The Bertz CT molecular complexity index is 2060. The molecule has 1 saturated heterocycles. The Morgan fingerprint density at radius 3 is 2.48 bits per heavy atom. The van der Waals surface area contributed by atoms with Crippen LogP contribution in [0.3, 0.4) is 0 Å². The summed E-state index contributed by atoms with van der Waals surface area (Å²) in [5.74, 6) is -1.56. The van der Waals surface area contributed by atoms with Gasteiger partial charge >= 0.3 is 4.87 Å². The van der Waals surface area contributed by atoms with Gasteiger partial charge in [0.05, 0.1) is 23.2 Å². The third-order valence-corrected chi connectivity index (χ3v) is 10.9. The van der Waals surface area contributed by atoms with Gasteiger partial charge in [-0.3, -0.25) is 19.2 Å². The predicted molar refractivity (Wildman–Crippen MR) is 182 cm³/mol. The number of carbonyl (C=O) groups excluding carboxylic acids is 3. The summed E-state index contributed by atoms with van der Waals surface area (Å²) >= 11 is 5.67. The Morgan fingerprint density at radius 1 is 0.913 bits per heavy atom. The second-order valence-corrected chi connectivity index (χ2v) is 13.9. The van der Waals surface area contributed by atoms with Gasteiger partial charge in [-0.25, -0.2) is 4.90 Å². The van der Waals surface area contributed by atoms with E-state index in [-0.39, 0.29) is 29.2 Å². The molecule has 3 heterocycles. The third-order valence-electron chi connectivity index (χ3n) is 7.93. The number of hydrogen-bond donors (Lipinski definition) is 2. The Kier molecular flexibility index (Phi) is 8.18. The highest BCUT2D eigenvalue weighted by Gasteiger charge is 2.56. The van der Waals surface area contributed by atoms with Crippen LogP contribution < -0.4 is 24.6 Å². The third kappa shape index (κ3) is 5.61. The molecule has 0 spiro atoms. The zero-order valence-corrected chi connectivity index (χ0v) is 27.5. The number of aromatic nitrogens is 1. The standard InChI is InChI=1S/C34H26BrN3O6S2/c1-2-43-25-16-20(8-14-24(25)44-17-26(39)36-22-11-7-18-5-3-4-6-19(18)15-22)27-28-30(45-31-29(27)46-34(42)37-31)33(41)38(32(28)40)23-12-9-21(35)10-13-23/h3-16,27-28,30H,2,17H2,1H3,(H,36,39)(H,37,42)/t27-,28-,30+/m0/s1. The number of fused-ring (bicyclic) bond motifs is 3. The van der Waals surface area contributed by atoms with E-state index in [0.717, 1.165) is 26.6 Å². The smallest absolute Gasteiger partial charge is 0.305 e. The van der Waals surface area contributed by atoms with Gasteiger partial charge in [-0.15, -0.1) is 0 Å². The largest absolute Gasteiger partial charge is 0.490 e. The SMILES string of the molecule is CCOc1cc([C@@H]2c3sc(=O)[nH]c3S[C@H]3C(=O)N(c4ccc(Br)cc4)C(=O)[C@@H]23)ccc1OCC(=O)Nc1ccc2ccccc2c1. The molecule has 3 atom stereocenters. The summed E-state index contributed by atoms with van der Waals surface area (Å²) in [6.45, 7) is 1.91. The van der Waals surface area contributed by atoms with Crippen molar-refractivity contribution in [1.29, 1.82) is 0 Å². The van der Waals surface area contributed by atoms with E-state index in [1.807, 2.05) is 49.4 Å². The Labute approximate surface area is 280 Å². The fourth-order valence-corrected chi connectivity index (χ4v) is 8.71. The molecule has 0 saturated carbocycles. The van der Waals surface area contributed by atoms with Crippen molar-refractivity contribution in [2.24, 2.45) is 5.92 Å². The van der Waals surface area contributed by atoms with Crippen LogP contribution in [0.15, 0.2) is 99.2 Å². The van der Waals surface area contributed by atoms with Gasteiger partial charge in [-0.1, -0.05) is 75.4 Å². The number of amides is 3. The number of H-pyrrole nitrogens is 1. The highest BCUT2D eigenvalue weighted by atomic mass is 79.9. The van der Waals surface area contributed by atoms with Crippen molar-refractivity contribution in [3.63, 3.8) is 0 Å². The Morgan fingerprint density at radius 2 is 1.70 bits per heavy atom. The van der Waals surface area contributed by atoms with E-state index in [1.165, 1.54) is 16.7 Å². The van der Waals surface area contributed by atoms with Crippen LogP contribution in [0.2, 0.25) is 0 Å². The van der Waals surface area contributed by atoms with E-state index in [2.05, 4.69) is 26.2 Å². The maximum absolute atomic E-state index is 14.0. The van der Waals surface area contributed by atoms with Gasteiger partial charge in [-0.2, -0.15) is 0 Å². The minimum absolute atomic E-state index is 0.254. The van der Waals surface area contributed by atoms with E-state index in [9.17, 15) is 19.2 Å². The van der Waals surface area contributed by atoms with E-state index >= 15 is 0 Å². The molecule has 2 aliphatic rings. The number of aromatic amines is 1. The van der Waals surface area contributed by atoms with Gasteiger partial charge in [0.15, 0.2) is 18.1 Å². The average Bonchev–Trinajstić information content (AvgIpc) is 3.54. The van der Waals surface area contributed by atoms with E-state index < -0.39 is 17.1 Å². The van der Waals surface area contributed by atoms with Crippen LogP contribution in [-0.2, 0) is 14.4 Å². The maximum Gasteiger partial charge on any atom is 0.305 e.